The smallest absolute Gasteiger partial charge is 0.274 e. The van der Waals surface area contributed by atoms with E-state index in [0.29, 0.717) is 16.6 Å². The lowest BCUT2D eigenvalue weighted by Crippen LogP contribution is -2.31. The summed E-state index contributed by atoms with van der Waals surface area (Å²) in [4.78, 5) is 25.4. The first-order valence-electron chi connectivity index (χ1n) is 6.88. The van der Waals surface area contributed by atoms with Crippen LogP contribution in [-0.2, 0) is 0 Å². The SMILES string of the molecule is O=C(c1ccc(=O)[nH]n1)N1CCC[C@H]1c1ccc(Cl)c(Cl)c1. The van der Waals surface area contributed by atoms with E-state index in [1.807, 2.05) is 6.07 Å². The van der Waals surface area contributed by atoms with Crippen LogP contribution in [0.1, 0.15) is 34.9 Å². The van der Waals surface area contributed by atoms with Gasteiger partial charge in [-0.1, -0.05) is 29.3 Å². The molecule has 1 aromatic heterocycles. The summed E-state index contributed by atoms with van der Waals surface area (Å²) in [5.41, 5.74) is 0.843. The van der Waals surface area contributed by atoms with Gasteiger partial charge in [-0.2, -0.15) is 5.10 Å². The maximum Gasteiger partial charge on any atom is 0.274 e. The third kappa shape index (κ3) is 2.87. The van der Waals surface area contributed by atoms with Gasteiger partial charge in [0.2, 0.25) is 0 Å². The van der Waals surface area contributed by atoms with Gasteiger partial charge in [0.05, 0.1) is 16.1 Å². The predicted molar refractivity (Wildman–Crippen MR) is 84.3 cm³/mol. The Morgan fingerprint density at radius 3 is 2.73 bits per heavy atom. The van der Waals surface area contributed by atoms with Gasteiger partial charge in [-0.05, 0) is 36.6 Å². The molecule has 1 fully saturated rings. The topological polar surface area (TPSA) is 66.1 Å². The first-order chi connectivity index (χ1) is 10.6. The van der Waals surface area contributed by atoms with Gasteiger partial charge in [0, 0.05) is 12.6 Å². The first kappa shape index (κ1) is 15.1. The summed E-state index contributed by atoms with van der Waals surface area (Å²) in [7, 11) is 0. The van der Waals surface area contributed by atoms with Crippen molar-refractivity contribution in [2.24, 2.45) is 0 Å². The highest BCUT2D eigenvalue weighted by molar-refractivity contribution is 6.42. The number of aromatic amines is 1. The van der Waals surface area contributed by atoms with Crippen LogP contribution in [0.2, 0.25) is 10.0 Å². The third-order valence-electron chi connectivity index (χ3n) is 3.74. The second kappa shape index (κ2) is 6.10. The number of H-pyrrole nitrogens is 1. The second-order valence-corrected chi connectivity index (χ2v) is 5.95. The van der Waals surface area contributed by atoms with Crippen LogP contribution in [0, 0.1) is 0 Å². The van der Waals surface area contributed by atoms with E-state index in [4.69, 9.17) is 23.2 Å². The van der Waals surface area contributed by atoms with Gasteiger partial charge in [-0.15, -0.1) is 0 Å². The molecule has 0 spiro atoms. The Labute approximate surface area is 136 Å². The fraction of sp³-hybridized carbons (Fsp3) is 0.267. The molecule has 1 aromatic carbocycles. The normalized spacial score (nSPS) is 17.7. The van der Waals surface area contributed by atoms with E-state index >= 15 is 0 Å². The molecule has 114 valence electrons. The average Bonchev–Trinajstić information content (AvgIpc) is 2.99. The number of aromatic nitrogens is 2. The molecule has 3 rings (SSSR count). The van der Waals surface area contributed by atoms with Crippen LogP contribution in [0.4, 0.5) is 0 Å². The molecular formula is C15H13Cl2N3O2. The Kier molecular flexibility index (Phi) is 4.18. The molecule has 1 aliphatic rings. The standard InChI is InChI=1S/C15H13Cl2N3O2/c16-10-4-3-9(8-11(10)17)13-2-1-7-20(13)15(22)12-5-6-14(21)19-18-12/h3-6,8,13H,1-2,7H2,(H,19,21)/t13-/m0/s1. The Morgan fingerprint density at radius 1 is 1.23 bits per heavy atom. The molecule has 0 aliphatic carbocycles. The number of halogens is 2. The largest absolute Gasteiger partial charge is 0.330 e. The Balaban J connectivity index is 1.89. The Morgan fingerprint density at radius 2 is 2.05 bits per heavy atom. The summed E-state index contributed by atoms with van der Waals surface area (Å²) in [6.45, 7) is 0.643. The second-order valence-electron chi connectivity index (χ2n) is 5.14. The van der Waals surface area contributed by atoms with E-state index < -0.39 is 0 Å². The number of hydrogen-bond donors (Lipinski definition) is 1. The lowest BCUT2D eigenvalue weighted by Gasteiger charge is -2.25. The van der Waals surface area contributed by atoms with E-state index in [1.54, 1.807) is 17.0 Å². The van der Waals surface area contributed by atoms with Crippen molar-refractivity contribution >= 4 is 29.1 Å². The lowest BCUT2D eigenvalue weighted by molar-refractivity contribution is 0.0728. The maximum atomic E-state index is 12.6. The van der Waals surface area contributed by atoms with E-state index in [9.17, 15) is 9.59 Å². The van der Waals surface area contributed by atoms with Crippen molar-refractivity contribution in [3.8, 4) is 0 Å². The van der Waals surface area contributed by atoms with Crippen molar-refractivity contribution in [1.82, 2.24) is 15.1 Å². The lowest BCUT2D eigenvalue weighted by atomic mass is 10.0. The van der Waals surface area contributed by atoms with Crippen molar-refractivity contribution in [1.29, 1.82) is 0 Å². The summed E-state index contributed by atoms with van der Waals surface area (Å²) in [6.07, 6.45) is 1.76. The summed E-state index contributed by atoms with van der Waals surface area (Å²) in [5, 5.41) is 7.05. The number of hydrogen-bond acceptors (Lipinski definition) is 3. The molecule has 0 radical (unpaired) electrons. The molecular weight excluding hydrogens is 325 g/mol. The number of nitrogens with zero attached hydrogens (tertiary/aromatic N) is 2. The molecule has 2 heterocycles. The molecule has 1 aliphatic heterocycles. The molecule has 0 bridgehead atoms. The zero-order chi connectivity index (χ0) is 15.7. The number of nitrogens with one attached hydrogen (secondary N) is 1. The maximum absolute atomic E-state index is 12.6. The number of carbonyl (C=O) groups is 1. The molecule has 1 saturated heterocycles. The molecule has 1 amide bonds. The number of amides is 1. The summed E-state index contributed by atoms with van der Waals surface area (Å²) >= 11 is 12.0. The van der Waals surface area contributed by atoms with Gasteiger partial charge in [-0.3, -0.25) is 9.59 Å². The average molecular weight is 338 g/mol. The van der Waals surface area contributed by atoms with Crippen molar-refractivity contribution in [2.45, 2.75) is 18.9 Å². The van der Waals surface area contributed by atoms with Crippen LogP contribution in [0.3, 0.4) is 0 Å². The zero-order valence-electron chi connectivity index (χ0n) is 11.6. The minimum atomic E-state index is -0.334. The van der Waals surface area contributed by atoms with Gasteiger partial charge < -0.3 is 4.90 Å². The minimum absolute atomic E-state index is 0.0593. The molecule has 7 heteroatoms. The summed E-state index contributed by atoms with van der Waals surface area (Å²) < 4.78 is 0. The molecule has 5 nitrogen and oxygen atoms in total. The van der Waals surface area contributed by atoms with E-state index in [1.165, 1.54) is 12.1 Å². The van der Waals surface area contributed by atoms with Crippen LogP contribution < -0.4 is 5.56 Å². The molecule has 1 atom stereocenters. The van der Waals surface area contributed by atoms with Crippen LogP contribution in [-0.4, -0.2) is 27.5 Å². The van der Waals surface area contributed by atoms with E-state index in [-0.39, 0.29) is 23.2 Å². The van der Waals surface area contributed by atoms with Crippen molar-refractivity contribution in [3.63, 3.8) is 0 Å². The Bertz CT molecular complexity index is 755. The molecule has 22 heavy (non-hydrogen) atoms. The predicted octanol–water partition coefficient (Wildman–Crippen LogP) is 3.05. The Hall–Kier alpha value is -1.85. The van der Waals surface area contributed by atoms with Crippen molar-refractivity contribution < 1.29 is 4.79 Å². The van der Waals surface area contributed by atoms with Crippen molar-refractivity contribution in [2.75, 3.05) is 6.54 Å². The monoisotopic (exact) mass is 337 g/mol. The first-order valence-corrected chi connectivity index (χ1v) is 7.63. The highest BCUT2D eigenvalue weighted by atomic mass is 35.5. The molecule has 0 saturated carbocycles. The molecule has 0 unspecified atom stereocenters. The fourth-order valence-electron chi connectivity index (χ4n) is 2.69. The van der Waals surface area contributed by atoms with Crippen LogP contribution in [0.25, 0.3) is 0 Å². The third-order valence-corrected chi connectivity index (χ3v) is 4.48. The zero-order valence-corrected chi connectivity index (χ0v) is 13.1. The quantitative estimate of drug-likeness (QED) is 0.915. The van der Waals surface area contributed by atoms with Crippen LogP contribution >= 0.6 is 23.2 Å². The van der Waals surface area contributed by atoms with Crippen molar-refractivity contribution in [3.05, 3.63) is 62.0 Å². The van der Waals surface area contributed by atoms with Gasteiger partial charge in [0.15, 0.2) is 0 Å². The van der Waals surface area contributed by atoms with Gasteiger partial charge in [0.25, 0.3) is 11.5 Å². The molecule has 2 aromatic rings. The number of likely N-dealkylation sites (tertiary alicyclic amines) is 1. The van der Waals surface area contributed by atoms with Gasteiger partial charge in [0.1, 0.15) is 5.69 Å². The van der Waals surface area contributed by atoms with Crippen LogP contribution in [0.5, 0.6) is 0 Å². The summed E-state index contributed by atoms with van der Waals surface area (Å²) in [5.74, 6) is -0.204. The van der Waals surface area contributed by atoms with E-state index in [2.05, 4.69) is 10.2 Å². The number of benzene rings is 1. The minimum Gasteiger partial charge on any atom is -0.330 e. The van der Waals surface area contributed by atoms with E-state index in [0.717, 1.165) is 18.4 Å². The highest BCUT2D eigenvalue weighted by Crippen LogP contribution is 2.35. The summed E-state index contributed by atoms with van der Waals surface area (Å²) in [6, 6.07) is 8.08. The fourth-order valence-corrected chi connectivity index (χ4v) is 2.99. The number of carbonyl (C=O) groups excluding carboxylic acids is 1. The van der Waals surface area contributed by atoms with Gasteiger partial charge in [-0.25, -0.2) is 5.10 Å². The number of rotatable bonds is 2. The van der Waals surface area contributed by atoms with Crippen LogP contribution in [0.15, 0.2) is 35.1 Å². The van der Waals surface area contributed by atoms with Gasteiger partial charge >= 0.3 is 0 Å². The molecule has 1 N–H and O–H groups in total. The highest BCUT2D eigenvalue weighted by Gasteiger charge is 2.31.